The van der Waals surface area contributed by atoms with Crippen molar-refractivity contribution in [3.05, 3.63) is 58.1 Å². The van der Waals surface area contributed by atoms with Gasteiger partial charge in [0.15, 0.2) is 11.5 Å². The molecule has 1 fully saturated rings. The number of likely N-dealkylation sites (tertiary alicyclic amines) is 1. The fraction of sp³-hybridized carbons (Fsp3) is 0.429. The minimum absolute atomic E-state index is 0.527. The molecule has 2 aromatic carbocycles. The molecule has 0 spiro atoms. The van der Waals surface area contributed by atoms with Crippen molar-refractivity contribution in [3.63, 3.8) is 0 Å². The Kier molecular flexibility index (Phi) is 6.38. The molecule has 0 aliphatic carbocycles. The normalized spacial score (nSPS) is 18.1. The summed E-state index contributed by atoms with van der Waals surface area (Å²) in [5.74, 6) is 1.55. The van der Waals surface area contributed by atoms with Crippen molar-refractivity contribution in [1.82, 2.24) is 4.90 Å². The minimum atomic E-state index is 0.527. The van der Waals surface area contributed by atoms with Crippen LogP contribution in [-0.2, 0) is 13.2 Å². The number of hydrogen-bond donors (Lipinski definition) is 0. The average molecular weight is 404 g/mol. The van der Waals surface area contributed by atoms with E-state index >= 15 is 0 Å². The van der Waals surface area contributed by atoms with Gasteiger partial charge in [-0.15, -0.1) is 0 Å². The van der Waals surface area contributed by atoms with Crippen molar-refractivity contribution in [3.8, 4) is 11.5 Å². The van der Waals surface area contributed by atoms with Crippen molar-refractivity contribution in [2.24, 2.45) is 0 Å². The molecule has 0 aromatic heterocycles. The fourth-order valence-corrected chi connectivity index (χ4v) is 3.90. The van der Waals surface area contributed by atoms with Crippen LogP contribution < -0.4 is 9.47 Å². The first-order chi connectivity index (χ1) is 12.2. The van der Waals surface area contributed by atoms with Gasteiger partial charge in [-0.2, -0.15) is 0 Å². The molecule has 1 aliphatic heterocycles. The van der Waals surface area contributed by atoms with Crippen LogP contribution in [-0.4, -0.2) is 24.6 Å². The van der Waals surface area contributed by atoms with E-state index in [1.807, 2.05) is 24.3 Å². The molecule has 2 aromatic rings. The highest BCUT2D eigenvalue weighted by atomic mass is 79.9. The third-order valence-electron chi connectivity index (χ3n) is 4.90. The molecule has 4 heteroatoms. The van der Waals surface area contributed by atoms with E-state index in [1.54, 1.807) is 7.11 Å². The lowest BCUT2D eigenvalue weighted by Gasteiger charge is -2.33. The van der Waals surface area contributed by atoms with Gasteiger partial charge in [-0.25, -0.2) is 0 Å². The van der Waals surface area contributed by atoms with Crippen LogP contribution >= 0.6 is 15.9 Å². The van der Waals surface area contributed by atoms with E-state index in [-0.39, 0.29) is 0 Å². The Morgan fingerprint density at radius 3 is 2.64 bits per heavy atom. The molecule has 1 aliphatic rings. The van der Waals surface area contributed by atoms with Gasteiger partial charge in [0.1, 0.15) is 6.61 Å². The second-order valence-electron chi connectivity index (χ2n) is 6.66. The number of piperidine rings is 1. The fourth-order valence-electron chi connectivity index (χ4n) is 3.34. The number of ether oxygens (including phenoxy) is 2. The molecule has 0 bridgehead atoms. The zero-order valence-corrected chi connectivity index (χ0v) is 16.6. The second-order valence-corrected chi connectivity index (χ2v) is 7.45. The van der Waals surface area contributed by atoms with E-state index in [9.17, 15) is 0 Å². The number of methoxy groups -OCH3 is 1. The summed E-state index contributed by atoms with van der Waals surface area (Å²) in [6.07, 6.45) is 3.91. The number of nitrogens with zero attached hydrogens (tertiary/aromatic N) is 1. The van der Waals surface area contributed by atoms with Crippen molar-refractivity contribution in [2.45, 2.75) is 45.4 Å². The molecule has 3 nitrogen and oxygen atoms in total. The van der Waals surface area contributed by atoms with Gasteiger partial charge in [0.05, 0.1) is 11.6 Å². The van der Waals surface area contributed by atoms with Gasteiger partial charge in [0.25, 0.3) is 0 Å². The van der Waals surface area contributed by atoms with Gasteiger partial charge in [0, 0.05) is 12.6 Å². The summed E-state index contributed by atoms with van der Waals surface area (Å²) in [5, 5.41) is 0. The van der Waals surface area contributed by atoms with Gasteiger partial charge in [-0.05, 0) is 59.4 Å². The molecular weight excluding hydrogens is 378 g/mol. The Bertz CT molecular complexity index is 690. The Morgan fingerprint density at radius 2 is 1.92 bits per heavy atom. The molecule has 0 N–H and O–H groups in total. The third-order valence-corrected chi connectivity index (χ3v) is 5.77. The van der Waals surface area contributed by atoms with Crippen molar-refractivity contribution in [1.29, 1.82) is 0 Å². The van der Waals surface area contributed by atoms with E-state index in [0.717, 1.165) is 28.1 Å². The van der Waals surface area contributed by atoms with Crippen molar-refractivity contribution < 1.29 is 9.47 Å². The van der Waals surface area contributed by atoms with E-state index in [0.29, 0.717) is 12.6 Å². The van der Waals surface area contributed by atoms with Gasteiger partial charge in [-0.1, -0.05) is 42.8 Å². The van der Waals surface area contributed by atoms with Crippen molar-refractivity contribution in [2.75, 3.05) is 13.7 Å². The zero-order valence-electron chi connectivity index (χ0n) is 15.0. The highest BCUT2D eigenvalue weighted by Crippen LogP contribution is 2.39. The summed E-state index contributed by atoms with van der Waals surface area (Å²) in [5.41, 5.74) is 2.39. The molecule has 0 radical (unpaired) electrons. The zero-order chi connectivity index (χ0) is 17.6. The highest BCUT2D eigenvalue weighted by molar-refractivity contribution is 9.10. The molecule has 3 rings (SSSR count). The minimum Gasteiger partial charge on any atom is -0.493 e. The van der Waals surface area contributed by atoms with Gasteiger partial charge in [-0.3, -0.25) is 4.90 Å². The number of rotatable bonds is 6. The van der Waals surface area contributed by atoms with Gasteiger partial charge >= 0.3 is 0 Å². The predicted molar refractivity (Wildman–Crippen MR) is 105 cm³/mol. The quantitative estimate of drug-likeness (QED) is 0.643. The Labute approximate surface area is 159 Å². The van der Waals surface area contributed by atoms with Crippen LogP contribution in [0.4, 0.5) is 0 Å². The first-order valence-electron chi connectivity index (χ1n) is 8.95. The molecule has 25 heavy (non-hydrogen) atoms. The lowest BCUT2D eigenvalue weighted by Crippen LogP contribution is -2.36. The maximum absolute atomic E-state index is 6.11. The summed E-state index contributed by atoms with van der Waals surface area (Å²) < 4.78 is 12.6. The van der Waals surface area contributed by atoms with E-state index < -0.39 is 0 Å². The van der Waals surface area contributed by atoms with Crippen LogP contribution in [0, 0.1) is 0 Å². The smallest absolute Gasteiger partial charge is 0.176 e. The lowest BCUT2D eigenvalue weighted by atomic mass is 10.0. The van der Waals surface area contributed by atoms with Crippen LogP contribution in [0.15, 0.2) is 46.9 Å². The molecular formula is C21H26BrNO2. The maximum atomic E-state index is 6.11. The van der Waals surface area contributed by atoms with Crippen LogP contribution in [0.1, 0.15) is 37.3 Å². The molecule has 1 heterocycles. The third kappa shape index (κ3) is 4.56. The van der Waals surface area contributed by atoms with Gasteiger partial charge in [0.2, 0.25) is 0 Å². The largest absolute Gasteiger partial charge is 0.493 e. The number of hydrogen-bond acceptors (Lipinski definition) is 3. The Morgan fingerprint density at radius 1 is 1.12 bits per heavy atom. The van der Waals surface area contributed by atoms with Crippen LogP contribution in [0.3, 0.4) is 0 Å². The van der Waals surface area contributed by atoms with E-state index in [4.69, 9.17) is 9.47 Å². The molecule has 0 amide bonds. The summed E-state index contributed by atoms with van der Waals surface area (Å²) in [4.78, 5) is 2.55. The second kappa shape index (κ2) is 8.72. The average Bonchev–Trinajstić information content (AvgIpc) is 2.65. The molecule has 1 unspecified atom stereocenters. The van der Waals surface area contributed by atoms with Crippen LogP contribution in [0.5, 0.6) is 11.5 Å². The highest BCUT2D eigenvalue weighted by Gasteiger charge is 2.21. The van der Waals surface area contributed by atoms with Gasteiger partial charge < -0.3 is 9.47 Å². The first-order valence-corrected chi connectivity index (χ1v) is 9.74. The molecule has 1 saturated heterocycles. The number of halogens is 1. The SMILES string of the molecule is COc1ccc(CN2CCCCC2C)c(Br)c1OCc1ccccc1. The Hall–Kier alpha value is -1.52. The van der Waals surface area contributed by atoms with E-state index in [2.05, 4.69) is 46.0 Å². The lowest BCUT2D eigenvalue weighted by molar-refractivity contribution is 0.152. The van der Waals surface area contributed by atoms with Crippen LogP contribution in [0.2, 0.25) is 0 Å². The summed E-state index contributed by atoms with van der Waals surface area (Å²) in [6, 6.07) is 15.0. The molecule has 1 atom stereocenters. The molecule has 134 valence electrons. The summed E-state index contributed by atoms with van der Waals surface area (Å²) in [6.45, 7) is 4.95. The van der Waals surface area contributed by atoms with Crippen molar-refractivity contribution >= 4 is 15.9 Å². The topological polar surface area (TPSA) is 21.7 Å². The Balaban J connectivity index is 1.78. The number of benzene rings is 2. The maximum Gasteiger partial charge on any atom is 0.176 e. The van der Waals surface area contributed by atoms with Crippen LogP contribution in [0.25, 0.3) is 0 Å². The van der Waals surface area contributed by atoms with E-state index in [1.165, 1.54) is 31.4 Å². The predicted octanol–water partition coefficient (Wildman–Crippen LogP) is 5.41. The summed E-state index contributed by atoms with van der Waals surface area (Å²) in [7, 11) is 1.68. The first kappa shape index (κ1) is 18.3. The monoisotopic (exact) mass is 403 g/mol. The molecule has 0 saturated carbocycles. The summed E-state index contributed by atoms with van der Waals surface area (Å²) >= 11 is 3.76. The standard InChI is InChI=1S/C21H26BrNO2/c1-16-8-6-7-13-23(16)14-18-11-12-19(24-2)21(20(18)22)25-15-17-9-4-3-5-10-17/h3-5,9-12,16H,6-8,13-15H2,1-2H3.